The molecule has 1 saturated heterocycles. The van der Waals surface area contributed by atoms with Gasteiger partial charge in [-0.3, -0.25) is 0 Å². The van der Waals surface area contributed by atoms with Gasteiger partial charge in [0.15, 0.2) is 0 Å². The number of ether oxygens (including phenoxy) is 1. The van der Waals surface area contributed by atoms with Crippen LogP contribution in [-0.2, 0) is 4.74 Å². The fourth-order valence-electron chi connectivity index (χ4n) is 2.82. The van der Waals surface area contributed by atoms with E-state index < -0.39 is 6.10 Å². The van der Waals surface area contributed by atoms with Gasteiger partial charge in [0.05, 0.1) is 18.8 Å². The summed E-state index contributed by atoms with van der Waals surface area (Å²) in [5, 5.41) is 13.3. The molecule has 0 aromatic heterocycles. The Morgan fingerprint density at radius 1 is 1.15 bits per heavy atom. The van der Waals surface area contributed by atoms with Gasteiger partial charge in [-0.1, -0.05) is 13.8 Å². The molecule has 0 radical (unpaired) electrons. The molecule has 0 spiro atoms. The molecular weight excluding hydrogens is 252 g/mol. The molecule has 1 fully saturated rings. The highest BCUT2D eigenvalue weighted by atomic mass is 16.5. The SMILES string of the molecule is CC(C)CC(C)OCC(O)CNC(C)CN1CCCC1. The number of nitrogens with zero attached hydrogens (tertiary/aromatic N) is 1. The number of aliphatic hydroxyl groups is 1. The summed E-state index contributed by atoms with van der Waals surface area (Å²) in [5.74, 6) is 0.640. The lowest BCUT2D eigenvalue weighted by Gasteiger charge is -2.23. The molecule has 3 unspecified atom stereocenters. The quantitative estimate of drug-likeness (QED) is 0.643. The van der Waals surface area contributed by atoms with Crippen LogP contribution in [0.25, 0.3) is 0 Å². The highest BCUT2D eigenvalue weighted by molar-refractivity contribution is 4.73. The van der Waals surface area contributed by atoms with Crippen LogP contribution in [-0.4, -0.2) is 61.0 Å². The third kappa shape index (κ3) is 8.20. The molecule has 1 rings (SSSR count). The van der Waals surface area contributed by atoms with E-state index in [9.17, 15) is 5.11 Å². The summed E-state index contributed by atoms with van der Waals surface area (Å²) in [7, 11) is 0. The maximum atomic E-state index is 9.94. The second-order valence-electron chi connectivity index (χ2n) is 6.74. The Kier molecular flexibility index (Phi) is 8.69. The Hall–Kier alpha value is -0.160. The summed E-state index contributed by atoms with van der Waals surface area (Å²) in [6.07, 6.45) is 3.52. The van der Waals surface area contributed by atoms with Crippen molar-refractivity contribution < 1.29 is 9.84 Å². The Morgan fingerprint density at radius 3 is 2.40 bits per heavy atom. The van der Waals surface area contributed by atoms with E-state index in [1.165, 1.54) is 25.9 Å². The van der Waals surface area contributed by atoms with Crippen LogP contribution in [0.4, 0.5) is 0 Å². The van der Waals surface area contributed by atoms with Gasteiger partial charge in [-0.2, -0.15) is 0 Å². The topological polar surface area (TPSA) is 44.7 Å². The largest absolute Gasteiger partial charge is 0.389 e. The van der Waals surface area contributed by atoms with E-state index in [4.69, 9.17) is 4.74 Å². The summed E-state index contributed by atoms with van der Waals surface area (Å²) in [4.78, 5) is 2.49. The fourth-order valence-corrected chi connectivity index (χ4v) is 2.82. The van der Waals surface area contributed by atoms with Crippen molar-refractivity contribution in [2.24, 2.45) is 5.92 Å². The predicted octanol–water partition coefficient (Wildman–Crippen LogP) is 1.87. The van der Waals surface area contributed by atoms with Crippen molar-refractivity contribution in [3.8, 4) is 0 Å². The molecule has 1 heterocycles. The molecule has 4 heteroatoms. The molecule has 20 heavy (non-hydrogen) atoms. The Morgan fingerprint density at radius 2 is 1.80 bits per heavy atom. The van der Waals surface area contributed by atoms with E-state index in [1.54, 1.807) is 0 Å². The van der Waals surface area contributed by atoms with Crippen LogP contribution < -0.4 is 5.32 Å². The van der Waals surface area contributed by atoms with Gasteiger partial charge in [-0.05, 0) is 52.1 Å². The van der Waals surface area contributed by atoms with Gasteiger partial charge in [0.2, 0.25) is 0 Å². The van der Waals surface area contributed by atoms with Gasteiger partial charge in [-0.25, -0.2) is 0 Å². The number of hydrogen-bond acceptors (Lipinski definition) is 4. The van der Waals surface area contributed by atoms with Gasteiger partial charge >= 0.3 is 0 Å². The lowest BCUT2D eigenvalue weighted by atomic mass is 10.1. The average Bonchev–Trinajstić information content (AvgIpc) is 2.86. The first-order valence-corrected chi connectivity index (χ1v) is 8.22. The summed E-state index contributed by atoms with van der Waals surface area (Å²) in [6.45, 7) is 13.2. The number of aliphatic hydroxyl groups excluding tert-OH is 1. The standard InChI is InChI=1S/C16H34N2O2/c1-13(2)9-15(4)20-12-16(19)10-17-14(3)11-18-7-5-6-8-18/h13-17,19H,5-12H2,1-4H3. The maximum absolute atomic E-state index is 9.94. The number of rotatable bonds is 10. The molecule has 0 aromatic carbocycles. The molecule has 2 N–H and O–H groups in total. The predicted molar refractivity (Wildman–Crippen MR) is 84.0 cm³/mol. The lowest BCUT2D eigenvalue weighted by Crippen LogP contribution is -2.42. The highest BCUT2D eigenvalue weighted by Gasteiger charge is 2.15. The van der Waals surface area contributed by atoms with E-state index in [2.05, 4.69) is 37.9 Å². The number of likely N-dealkylation sites (tertiary alicyclic amines) is 1. The van der Waals surface area contributed by atoms with Gasteiger partial charge in [0, 0.05) is 19.1 Å². The van der Waals surface area contributed by atoms with Crippen LogP contribution in [0.15, 0.2) is 0 Å². The number of hydrogen-bond donors (Lipinski definition) is 2. The van der Waals surface area contributed by atoms with Gasteiger partial charge in [0.1, 0.15) is 0 Å². The van der Waals surface area contributed by atoms with E-state index in [-0.39, 0.29) is 6.10 Å². The van der Waals surface area contributed by atoms with Crippen molar-refractivity contribution in [3.63, 3.8) is 0 Å². The van der Waals surface area contributed by atoms with Crippen LogP contribution in [0.3, 0.4) is 0 Å². The van der Waals surface area contributed by atoms with Gasteiger partial charge in [0.25, 0.3) is 0 Å². The van der Waals surface area contributed by atoms with E-state index in [1.807, 2.05) is 0 Å². The minimum Gasteiger partial charge on any atom is -0.389 e. The summed E-state index contributed by atoms with van der Waals surface area (Å²) < 4.78 is 5.68. The van der Waals surface area contributed by atoms with Gasteiger partial charge < -0.3 is 20.1 Å². The molecule has 3 atom stereocenters. The normalized spacial score (nSPS) is 21.3. The molecule has 1 aliphatic rings. The summed E-state index contributed by atoms with van der Waals surface area (Å²) in [6, 6.07) is 0.427. The minimum atomic E-state index is -0.411. The molecule has 120 valence electrons. The van der Waals surface area contributed by atoms with Gasteiger partial charge in [-0.15, -0.1) is 0 Å². The molecule has 0 bridgehead atoms. The van der Waals surface area contributed by atoms with Crippen LogP contribution in [0, 0.1) is 5.92 Å². The lowest BCUT2D eigenvalue weighted by molar-refractivity contribution is -0.00934. The fraction of sp³-hybridized carbons (Fsp3) is 1.00. The molecule has 0 aliphatic carbocycles. The van der Waals surface area contributed by atoms with Crippen molar-refractivity contribution in [2.75, 3.05) is 32.8 Å². The Balaban J connectivity index is 2.04. The highest BCUT2D eigenvalue weighted by Crippen LogP contribution is 2.08. The zero-order valence-corrected chi connectivity index (χ0v) is 13.8. The Bertz CT molecular complexity index is 243. The van der Waals surface area contributed by atoms with Crippen molar-refractivity contribution in [1.29, 1.82) is 0 Å². The van der Waals surface area contributed by atoms with Crippen molar-refractivity contribution in [3.05, 3.63) is 0 Å². The van der Waals surface area contributed by atoms with E-state index in [0.717, 1.165) is 13.0 Å². The number of nitrogens with one attached hydrogen (secondary N) is 1. The Labute approximate surface area is 124 Å². The zero-order chi connectivity index (χ0) is 15.0. The van der Waals surface area contributed by atoms with Crippen LogP contribution >= 0.6 is 0 Å². The summed E-state index contributed by atoms with van der Waals surface area (Å²) in [5.41, 5.74) is 0. The second-order valence-corrected chi connectivity index (χ2v) is 6.74. The molecular formula is C16H34N2O2. The first kappa shape index (κ1) is 17.9. The first-order valence-electron chi connectivity index (χ1n) is 8.22. The van der Waals surface area contributed by atoms with Crippen LogP contribution in [0.2, 0.25) is 0 Å². The van der Waals surface area contributed by atoms with Crippen molar-refractivity contribution in [1.82, 2.24) is 10.2 Å². The third-order valence-electron chi connectivity index (χ3n) is 3.81. The van der Waals surface area contributed by atoms with E-state index in [0.29, 0.717) is 25.1 Å². The monoisotopic (exact) mass is 286 g/mol. The van der Waals surface area contributed by atoms with Crippen molar-refractivity contribution in [2.45, 2.75) is 65.2 Å². The summed E-state index contributed by atoms with van der Waals surface area (Å²) >= 11 is 0. The van der Waals surface area contributed by atoms with Crippen LogP contribution in [0.1, 0.15) is 47.0 Å². The minimum absolute atomic E-state index is 0.228. The second kappa shape index (κ2) is 9.72. The molecule has 0 amide bonds. The van der Waals surface area contributed by atoms with Crippen molar-refractivity contribution >= 4 is 0 Å². The zero-order valence-electron chi connectivity index (χ0n) is 13.8. The smallest absolute Gasteiger partial charge is 0.0897 e. The third-order valence-corrected chi connectivity index (χ3v) is 3.81. The molecule has 4 nitrogen and oxygen atoms in total. The molecule has 1 aliphatic heterocycles. The molecule has 0 saturated carbocycles. The average molecular weight is 286 g/mol. The van der Waals surface area contributed by atoms with Crippen LogP contribution in [0.5, 0.6) is 0 Å². The molecule has 0 aromatic rings. The first-order chi connectivity index (χ1) is 9.47. The van der Waals surface area contributed by atoms with E-state index >= 15 is 0 Å². The maximum Gasteiger partial charge on any atom is 0.0897 e.